The second-order valence-electron chi connectivity index (χ2n) is 30.6. The number of likely N-dealkylation sites (tertiary alicyclic amines) is 1. The lowest BCUT2D eigenvalue weighted by molar-refractivity contribution is -0.192. The largest absolute Gasteiger partial charge is 0.490 e. The quantitative estimate of drug-likeness (QED) is 0.0183. The molecule has 2 aliphatic heterocycles. The average Bonchev–Trinajstić information content (AvgIpc) is 1.68. The molecule has 3 aromatic rings. The summed E-state index contributed by atoms with van der Waals surface area (Å²) in [5.41, 5.74) is 14.9. The van der Waals surface area contributed by atoms with Crippen LogP contribution < -0.4 is 70.4 Å². The first kappa shape index (κ1) is 97.1. The number of aliphatic carboxylic acids is 1. The van der Waals surface area contributed by atoms with E-state index in [4.69, 9.17) is 41.3 Å². The standard InChI is InChI=1S/C72H108N16O21.C2HF3O2/c1-14-37(6)49-63(100)84-50(38(7)90)62(99)77-32-48(91)82-52(55(93)57(73)94)65(102)81-45(34-89)67(104)107-56(39-22-16-15-17-23-39)53(66(103)85-51(54(92)36(4)5)64(101)80-43(30-35(2)3)59(96)78-42(58(95)83-49)25-20-28-76-68(74)75)86-60(97)44(79-61(98)47-27-21-29-87(47)69(105)108-71(8,9)10)31-40-33-88(70(106)109-72(11,12)13)46-26-19-18-24-41(40)46;3-2(4,5)1(6)7/h15-19,22-24,26,33,35-38,42-45,47,49-56,89-90,92-93H,14,20-21,25,27-32,34H2,1-13H3,(H2,73,94)(H,77,99)(H,78,96)(H,79,98)(H,80,101)(H,81,102)(H,82,91)(H,83,95)(H,84,100)(H,85,103)(H,86,97)(H4,74,75,76);(H,6,7)/t37-,38-,42+,43-,44-,45-,47+,49-,50-,51-,52-,53-,54+,55-,56+;/m0./s1. The van der Waals surface area contributed by atoms with Gasteiger partial charge >= 0.3 is 30.3 Å². The molecular weight excluding hydrogens is 1540 g/mol. The number of amides is 12. The minimum Gasteiger partial charge on any atom is -0.475 e. The van der Waals surface area contributed by atoms with Crippen LogP contribution in [0.25, 0.3) is 10.9 Å². The minimum absolute atomic E-state index is 0.00756. The summed E-state index contributed by atoms with van der Waals surface area (Å²) in [6.07, 6.45) is -14.3. The van der Waals surface area contributed by atoms with Gasteiger partial charge in [0.05, 0.1) is 30.9 Å². The number of aliphatic imine (C=N–C) groups is 1. The number of carbonyl (C=O) groups excluding carboxylic acids is 14. The minimum atomic E-state index is -5.08. The zero-order valence-electron chi connectivity index (χ0n) is 66.7. The van der Waals surface area contributed by atoms with E-state index in [9.17, 15) is 86.3 Å². The van der Waals surface area contributed by atoms with Crippen molar-refractivity contribution < 1.29 is 125 Å². The highest BCUT2D eigenvalue weighted by molar-refractivity contribution is 6.01. The molecule has 21 N–H and O–H groups in total. The number of rotatable bonds is 21. The number of primary amides is 1. The number of halogens is 3. The van der Waals surface area contributed by atoms with E-state index in [0.29, 0.717) is 11.8 Å². The van der Waals surface area contributed by atoms with E-state index in [1.165, 1.54) is 59.8 Å². The number of benzene rings is 2. The number of para-hydroxylation sites is 1. The Hall–Kier alpha value is -11.3. The zero-order chi connectivity index (χ0) is 87.8. The van der Waals surface area contributed by atoms with Crippen molar-refractivity contribution in [2.75, 3.05) is 26.2 Å². The van der Waals surface area contributed by atoms with Crippen LogP contribution in [0.3, 0.4) is 0 Å². The Bertz CT molecular complexity index is 4010. The molecule has 644 valence electrons. The summed E-state index contributed by atoms with van der Waals surface area (Å²) < 4.78 is 50.4. The van der Waals surface area contributed by atoms with Crippen molar-refractivity contribution in [2.24, 2.45) is 39.9 Å². The fraction of sp³-hybridized carbons (Fsp3) is 0.595. The highest BCUT2D eigenvalue weighted by Crippen LogP contribution is 2.29. The number of nitrogens with zero attached hydrogens (tertiary/aromatic N) is 3. The molecule has 0 aliphatic carbocycles. The average molecular weight is 1650 g/mol. The van der Waals surface area contributed by atoms with Crippen LogP contribution in [-0.4, -0.2) is 252 Å². The third-order valence-electron chi connectivity index (χ3n) is 17.9. The molecule has 42 heteroatoms. The van der Waals surface area contributed by atoms with Crippen molar-refractivity contribution >= 4 is 106 Å². The lowest BCUT2D eigenvalue weighted by atomic mass is 9.95. The Balaban J connectivity index is 0.00000386. The van der Waals surface area contributed by atoms with Gasteiger partial charge in [0.15, 0.2) is 24.2 Å². The van der Waals surface area contributed by atoms with Crippen LogP contribution in [-0.2, 0) is 83.0 Å². The van der Waals surface area contributed by atoms with Crippen molar-refractivity contribution in [2.45, 2.75) is 237 Å². The molecule has 0 bridgehead atoms. The van der Waals surface area contributed by atoms with Crippen LogP contribution in [0.2, 0.25) is 0 Å². The summed E-state index contributed by atoms with van der Waals surface area (Å²) >= 11 is 0. The van der Waals surface area contributed by atoms with Crippen LogP contribution in [0.1, 0.15) is 146 Å². The first-order valence-corrected chi connectivity index (χ1v) is 37.3. The molecule has 2 saturated heterocycles. The molecule has 116 heavy (non-hydrogen) atoms. The maximum atomic E-state index is 16.0. The molecule has 1 aromatic heterocycles. The lowest BCUT2D eigenvalue weighted by Crippen LogP contribution is -2.64. The van der Waals surface area contributed by atoms with E-state index >= 15 is 14.4 Å². The number of aliphatic hydroxyl groups excluding tert-OH is 4. The summed E-state index contributed by atoms with van der Waals surface area (Å²) in [7, 11) is 0. The maximum absolute atomic E-state index is 16.0. The number of carboxylic acid groups (broad SMARTS) is 1. The van der Waals surface area contributed by atoms with Crippen molar-refractivity contribution in [1.29, 1.82) is 0 Å². The van der Waals surface area contributed by atoms with Gasteiger partial charge < -0.3 is 110 Å². The summed E-state index contributed by atoms with van der Waals surface area (Å²) in [5.74, 6) is -20.7. The van der Waals surface area contributed by atoms with Gasteiger partial charge in [0.2, 0.25) is 65.0 Å². The summed E-state index contributed by atoms with van der Waals surface area (Å²) in [4.78, 5) is 217. The molecule has 5 rings (SSSR count). The molecule has 15 atom stereocenters. The molecule has 12 amide bonds. The van der Waals surface area contributed by atoms with Gasteiger partial charge in [-0.15, -0.1) is 0 Å². The van der Waals surface area contributed by atoms with Gasteiger partial charge in [-0.2, -0.15) is 13.2 Å². The molecule has 2 aliphatic rings. The molecule has 0 unspecified atom stereocenters. The normalized spacial score (nSPS) is 23.0. The second kappa shape index (κ2) is 43.4. The van der Waals surface area contributed by atoms with Crippen molar-refractivity contribution in [3.8, 4) is 0 Å². The third-order valence-corrected chi connectivity index (χ3v) is 17.9. The van der Waals surface area contributed by atoms with E-state index in [1.807, 2.05) is 10.6 Å². The molecular formula is C74H109F3N16O23. The van der Waals surface area contributed by atoms with Gasteiger partial charge in [-0.1, -0.05) is 96.5 Å². The van der Waals surface area contributed by atoms with Crippen LogP contribution in [0.5, 0.6) is 0 Å². The lowest BCUT2D eigenvalue weighted by Gasteiger charge is -2.34. The number of carboxylic acids is 1. The number of hydrogen-bond acceptors (Lipinski definition) is 23. The van der Waals surface area contributed by atoms with Gasteiger partial charge in [-0.05, 0) is 116 Å². The van der Waals surface area contributed by atoms with Gasteiger partial charge in [0.1, 0.15) is 65.6 Å². The Labute approximate surface area is 666 Å². The molecule has 0 saturated carbocycles. The number of carbonyl (C=O) groups is 15. The number of fused-ring (bicyclic) bond motifs is 1. The summed E-state index contributed by atoms with van der Waals surface area (Å²) in [5, 5.41) is 76.6. The molecule has 3 heterocycles. The van der Waals surface area contributed by atoms with Gasteiger partial charge in [-0.3, -0.25) is 67.2 Å². The second-order valence-corrected chi connectivity index (χ2v) is 30.6. The van der Waals surface area contributed by atoms with E-state index in [-0.39, 0.29) is 67.8 Å². The number of ether oxygens (including phenoxy) is 3. The molecule has 2 aromatic carbocycles. The molecule has 0 spiro atoms. The van der Waals surface area contributed by atoms with Crippen LogP contribution in [0.15, 0.2) is 65.8 Å². The van der Waals surface area contributed by atoms with Crippen LogP contribution >= 0.6 is 0 Å². The van der Waals surface area contributed by atoms with E-state index < -0.39 is 229 Å². The van der Waals surface area contributed by atoms with Gasteiger partial charge in [-0.25, -0.2) is 19.2 Å². The summed E-state index contributed by atoms with van der Waals surface area (Å²) in [6, 6.07) is -5.80. The predicted octanol–water partition coefficient (Wildman–Crippen LogP) is -1.84. The van der Waals surface area contributed by atoms with E-state index in [0.717, 1.165) is 6.92 Å². The number of aromatic nitrogens is 1. The Morgan fingerprint density at radius 2 is 1.22 bits per heavy atom. The van der Waals surface area contributed by atoms with E-state index in [2.05, 4.69) is 47.5 Å². The van der Waals surface area contributed by atoms with Crippen molar-refractivity contribution in [3.63, 3.8) is 0 Å². The Kier molecular flexibility index (Phi) is 36.4. The monoisotopic (exact) mass is 1650 g/mol. The highest BCUT2D eigenvalue weighted by atomic mass is 19.4. The van der Waals surface area contributed by atoms with Gasteiger partial charge in [0.25, 0.3) is 0 Å². The molecule has 0 radical (unpaired) electrons. The number of alkyl halides is 3. The maximum Gasteiger partial charge on any atom is 0.490 e. The number of guanidine groups is 1. The van der Waals surface area contributed by atoms with Gasteiger partial charge in [0, 0.05) is 31.1 Å². The SMILES string of the molecule is CC[C@H](C)[C@@H]1NC(=O)[C@@H](CCCN=C(N)N)NC(=O)[C@H](CC(C)C)NC(=O)[C@H]([C@H](O)C(C)C)NC(=O)[C@@H](NC(=O)[C@H](Cc2cn(C(=O)OC(C)(C)C)c3ccccc23)NC(=O)[C@H]2CCCN2C(=O)OC(C)(C)C)[C@@H](c2ccccc2)OC(=O)[C@H](CO)NC(=O)[C@H]([C@H](O)C(N)=O)NC(=O)CNC(=O)[C@H]([C@H](C)O)NC1=O.O=C(O)C(F)(F)F. The fourth-order valence-electron chi connectivity index (χ4n) is 11.8. The molecule has 39 nitrogen and oxygen atoms in total. The van der Waals surface area contributed by atoms with Crippen LogP contribution in [0, 0.1) is 17.8 Å². The topological polar surface area (TPSA) is 604 Å². The number of cyclic esters (lactones) is 1. The van der Waals surface area contributed by atoms with Crippen molar-refractivity contribution in [3.05, 3.63) is 71.9 Å². The molecule has 2 fully saturated rings. The first-order valence-electron chi connectivity index (χ1n) is 37.3. The zero-order valence-corrected chi connectivity index (χ0v) is 66.7. The third kappa shape index (κ3) is 29.5. The Morgan fingerprint density at radius 3 is 1.78 bits per heavy atom. The number of aliphatic hydroxyl groups is 4. The Morgan fingerprint density at radius 1 is 0.681 bits per heavy atom. The smallest absolute Gasteiger partial charge is 0.475 e. The van der Waals surface area contributed by atoms with Crippen LogP contribution in [0.4, 0.5) is 22.8 Å². The first-order chi connectivity index (χ1) is 53.9. The van der Waals surface area contributed by atoms with E-state index in [1.54, 1.807) is 93.5 Å². The fourth-order valence-corrected chi connectivity index (χ4v) is 11.8. The highest BCUT2D eigenvalue weighted by Gasteiger charge is 2.46. The predicted molar refractivity (Wildman–Crippen MR) is 406 cm³/mol. The summed E-state index contributed by atoms with van der Waals surface area (Å²) in [6.45, 7) is 17.8. The number of esters is 1. The number of nitrogens with one attached hydrogen (secondary N) is 10. The van der Waals surface area contributed by atoms with Crippen molar-refractivity contribution in [1.82, 2.24) is 62.6 Å². The number of hydrogen-bond donors (Lipinski definition) is 18. The number of nitrogens with two attached hydrogens (primary N) is 3.